The minimum absolute atomic E-state index is 0.107. The number of piperidine rings is 1. The highest BCUT2D eigenvalue weighted by Crippen LogP contribution is 2.33. The smallest absolute Gasteiger partial charge is 0.305 e. The highest BCUT2D eigenvalue weighted by molar-refractivity contribution is 7.89. The lowest BCUT2D eigenvalue weighted by Crippen LogP contribution is -2.47. The van der Waals surface area contributed by atoms with E-state index in [4.69, 9.17) is 0 Å². The monoisotopic (exact) mass is 394 g/mol. The quantitative estimate of drug-likeness (QED) is 0.771. The molecule has 27 heavy (non-hydrogen) atoms. The molecule has 0 aromatic heterocycles. The molecule has 0 bridgehead atoms. The zero-order valence-electron chi connectivity index (χ0n) is 15.3. The Kier molecular flexibility index (Phi) is 5.86. The van der Waals surface area contributed by atoms with Crippen molar-refractivity contribution in [3.05, 3.63) is 29.8 Å². The molecule has 1 saturated heterocycles. The van der Waals surface area contributed by atoms with Gasteiger partial charge in [-0.3, -0.25) is 9.59 Å². The van der Waals surface area contributed by atoms with Crippen molar-refractivity contribution in [2.45, 2.75) is 61.8 Å². The molecule has 1 aliphatic carbocycles. The lowest BCUT2D eigenvalue weighted by Gasteiger charge is -2.29. The van der Waals surface area contributed by atoms with E-state index in [2.05, 4.69) is 5.32 Å². The summed E-state index contributed by atoms with van der Waals surface area (Å²) in [6.45, 7) is 1.00. The van der Waals surface area contributed by atoms with E-state index in [1.807, 2.05) is 0 Å². The van der Waals surface area contributed by atoms with E-state index in [-0.39, 0.29) is 16.9 Å². The standard InChI is InChI=1S/C19H26N2O5S/c22-17(23)14-19(9-2-3-10-19)20-18(24)15-7-6-8-16(13-15)27(25,26)21-11-4-1-5-12-21/h6-8,13H,1-5,9-12,14H2,(H,20,24)(H,22,23). The molecule has 1 aromatic rings. The van der Waals surface area contributed by atoms with Crippen molar-refractivity contribution in [2.75, 3.05) is 13.1 Å². The fourth-order valence-electron chi connectivity index (χ4n) is 4.05. The third-order valence-electron chi connectivity index (χ3n) is 5.48. The van der Waals surface area contributed by atoms with Crippen molar-refractivity contribution >= 4 is 21.9 Å². The molecule has 1 saturated carbocycles. The molecule has 3 rings (SSSR count). The van der Waals surface area contributed by atoms with Crippen molar-refractivity contribution in [3.8, 4) is 0 Å². The van der Waals surface area contributed by atoms with E-state index < -0.39 is 27.4 Å². The molecule has 1 aliphatic heterocycles. The molecule has 1 heterocycles. The fraction of sp³-hybridized carbons (Fsp3) is 0.579. The van der Waals surface area contributed by atoms with E-state index in [1.165, 1.54) is 16.4 Å². The number of amides is 1. The first-order chi connectivity index (χ1) is 12.8. The maximum atomic E-state index is 12.8. The zero-order chi connectivity index (χ0) is 19.5. The molecule has 1 aromatic carbocycles. The first-order valence-electron chi connectivity index (χ1n) is 9.47. The Morgan fingerprint density at radius 2 is 1.74 bits per heavy atom. The fourth-order valence-corrected chi connectivity index (χ4v) is 5.62. The number of hydrogen-bond acceptors (Lipinski definition) is 4. The van der Waals surface area contributed by atoms with Crippen LogP contribution in [0, 0.1) is 0 Å². The van der Waals surface area contributed by atoms with Gasteiger partial charge in [-0.05, 0) is 43.9 Å². The Labute approximate surface area is 159 Å². The summed E-state index contributed by atoms with van der Waals surface area (Å²) in [5.74, 6) is -1.37. The number of nitrogens with zero attached hydrogens (tertiary/aromatic N) is 1. The Balaban J connectivity index is 1.80. The number of carbonyl (C=O) groups excluding carboxylic acids is 1. The summed E-state index contributed by atoms with van der Waals surface area (Å²) < 4.78 is 27.1. The van der Waals surface area contributed by atoms with Gasteiger partial charge in [-0.25, -0.2) is 8.42 Å². The third-order valence-corrected chi connectivity index (χ3v) is 7.37. The van der Waals surface area contributed by atoms with E-state index in [1.54, 1.807) is 12.1 Å². The van der Waals surface area contributed by atoms with Crippen molar-refractivity contribution < 1.29 is 23.1 Å². The van der Waals surface area contributed by atoms with Gasteiger partial charge in [0.25, 0.3) is 5.91 Å². The van der Waals surface area contributed by atoms with Crippen LogP contribution in [-0.2, 0) is 14.8 Å². The largest absolute Gasteiger partial charge is 0.481 e. The van der Waals surface area contributed by atoms with Crippen LogP contribution in [0.4, 0.5) is 0 Å². The summed E-state index contributed by atoms with van der Waals surface area (Å²) in [6.07, 6.45) is 5.58. The molecule has 7 nitrogen and oxygen atoms in total. The van der Waals surface area contributed by atoms with Crippen LogP contribution in [0.15, 0.2) is 29.2 Å². The summed E-state index contributed by atoms with van der Waals surface area (Å²) in [5, 5.41) is 12.1. The van der Waals surface area contributed by atoms with Gasteiger partial charge in [0, 0.05) is 18.7 Å². The van der Waals surface area contributed by atoms with Crippen molar-refractivity contribution in [2.24, 2.45) is 0 Å². The Morgan fingerprint density at radius 3 is 2.37 bits per heavy atom. The van der Waals surface area contributed by atoms with Gasteiger partial charge in [-0.15, -0.1) is 0 Å². The molecule has 2 fully saturated rings. The lowest BCUT2D eigenvalue weighted by molar-refractivity contribution is -0.138. The zero-order valence-corrected chi connectivity index (χ0v) is 16.1. The Bertz CT molecular complexity index is 809. The highest BCUT2D eigenvalue weighted by Gasteiger charge is 2.37. The number of nitrogens with one attached hydrogen (secondary N) is 1. The van der Waals surface area contributed by atoms with Gasteiger partial charge >= 0.3 is 5.97 Å². The van der Waals surface area contributed by atoms with Crippen LogP contribution in [0.5, 0.6) is 0 Å². The molecule has 1 amide bonds. The van der Waals surface area contributed by atoms with Gasteiger partial charge in [-0.1, -0.05) is 25.3 Å². The van der Waals surface area contributed by atoms with Crippen LogP contribution in [0.25, 0.3) is 0 Å². The average molecular weight is 394 g/mol. The molecule has 0 spiro atoms. The summed E-state index contributed by atoms with van der Waals surface area (Å²) in [7, 11) is -3.62. The van der Waals surface area contributed by atoms with Crippen molar-refractivity contribution in [1.82, 2.24) is 9.62 Å². The van der Waals surface area contributed by atoms with Gasteiger partial charge < -0.3 is 10.4 Å². The van der Waals surface area contributed by atoms with Gasteiger partial charge in [0.1, 0.15) is 0 Å². The molecular formula is C19H26N2O5S. The minimum atomic E-state index is -3.62. The van der Waals surface area contributed by atoms with Crippen LogP contribution in [0.3, 0.4) is 0 Å². The number of sulfonamides is 1. The lowest BCUT2D eigenvalue weighted by atomic mass is 9.92. The third kappa shape index (κ3) is 4.50. The molecule has 2 aliphatic rings. The van der Waals surface area contributed by atoms with Crippen molar-refractivity contribution in [1.29, 1.82) is 0 Å². The van der Waals surface area contributed by atoms with Crippen LogP contribution in [-0.4, -0.2) is 48.3 Å². The van der Waals surface area contributed by atoms with E-state index in [0.717, 1.165) is 32.1 Å². The Hall–Kier alpha value is -1.93. The highest BCUT2D eigenvalue weighted by atomic mass is 32.2. The maximum absolute atomic E-state index is 12.8. The number of aliphatic carboxylic acids is 1. The van der Waals surface area contributed by atoms with Crippen LogP contribution < -0.4 is 5.32 Å². The predicted molar refractivity (Wildman–Crippen MR) is 100.0 cm³/mol. The Morgan fingerprint density at radius 1 is 1.07 bits per heavy atom. The summed E-state index contributed by atoms with van der Waals surface area (Å²) in [5.41, 5.74) is -0.505. The van der Waals surface area contributed by atoms with Crippen LogP contribution >= 0.6 is 0 Å². The predicted octanol–water partition coefficient (Wildman–Crippen LogP) is 2.38. The topological polar surface area (TPSA) is 104 Å². The van der Waals surface area contributed by atoms with Gasteiger partial charge in [0.15, 0.2) is 0 Å². The second-order valence-electron chi connectivity index (χ2n) is 7.50. The summed E-state index contributed by atoms with van der Waals surface area (Å²) in [4.78, 5) is 24.0. The van der Waals surface area contributed by atoms with Crippen LogP contribution in [0.2, 0.25) is 0 Å². The molecule has 148 valence electrons. The van der Waals surface area contributed by atoms with Crippen LogP contribution in [0.1, 0.15) is 61.7 Å². The molecule has 0 atom stereocenters. The van der Waals surface area contributed by atoms with E-state index in [9.17, 15) is 23.1 Å². The van der Waals surface area contributed by atoms with E-state index >= 15 is 0 Å². The molecule has 0 radical (unpaired) electrons. The van der Waals surface area contributed by atoms with Gasteiger partial charge in [-0.2, -0.15) is 4.31 Å². The number of carbonyl (C=O) groups is 2. The van der Waals surface area contributed by atoms with Crippen molar-refractivity contribution in [3.63, 3.8) is 0 Å². The number of benzene rings is 1. The SMILES string of the molecule is O=C(O)CC1(NC(=O)c2cccc(S(=O)(=O)N3CCCCC3)c2)CCCC1. The second-order valence-corrected chi connectivity index (χ2v) is 9.44. The first kappa shape index (κ1) is 19.8. The number of carboxylic acid groups (broad SMARTS) is 1. The molecular weight excluding hydrogens is 368 g/mol. The second kappa shape index (κ2) is 7.98. The summed E-state index contributed by atoms with van der Waals surface area (Å²) >= 11 is 0. The molecule has 2 N–H and O–H groups in total. The maximum Gasteiger partial charge on any atom is 0.305 e. The molecule has 8 heteroatoms. The van der Waals surface area contributed by atoms with Gasteiger partial charge in [0.05, 0.1) is 16.9 Å². The summed E-state index contributed by atoms with van der Waals surface area (Å²) in [6, 6.07) is 6.02. The molecule has 0 unspecified atom stereocenters. The minimum Gasteiger partial charge on any atom is -0.481 e. The van der Waals surface area contributed by atoms with Gasteiger partial charge in [0.2, 0.25) is 10.0 Å². The average Bonchev–Trinajstić information content (AvgIpc) is 3.09. The number of hydrogen-bond donors (Lipinski definition) is 2. The first-order valence-corrected chi connectivity index (χ1v) is 10.9. The normalized spacial score (nSPS) is 20.3. The number of carboxylic acids is 1. The van der Waals surface area contributed by atoms with E-state index in [0.29, 0.717) is 25.9 Å². The number of rotatable bonds is 6.